The molecule has 2 atom stereocenters. The summed E-state index contributed by atoms with van der Waals surface area (Å²) in [5.41, 5.74) is 0. The first kappa shape index (κ1) is 20.4. The van der Waals surface area contributed by atoms with Crippen molar-refractivity contribution in [3.8, 4) is 0 Å². The minimum absolute atomic E-state index is 0. The molecule has 0 aromatic rings. The van der Waals surface area contributed by atoms with Crippen molar-refractivity contribution in [3.05, 3.63) is 14.4 Å². The van der Waals surface area contributed by atoms with Gasteiger partial charge in [0.25, 0.3) is 0 Å². The molecule has 1 aliphatic heterocycles. The number of ether oxygens (including phenoxy) is 1. The second kappa shape index (κ2) is 13.9. The normalized spacial score (nSPS) is 24.0. The van der Waals surface area contributed by atoms with Crippen LogP contribution in [-0.4, -0.2) is 35.6 Å². The van der Waals surface area contributed by atoms with Crippen molar-refractivity contribution in [1.29, 1.82) is 0 Å². The molecule has 2 unspecified atom stereocenters. The standard InChI is InChI=1S/C6H12O2.C3H7O.CH3.U/c1-5-2-3-6(4-7)8-5;1-2-3-4;;/h5-7H,2-4H2,1H3;4H,1-3H2;1H3;/q;2*-1;+2. The first-order valence-corrected chi connectivity index (χ1v) is 4.41. The van der Waals surface area contributed by atoms with Gasteiger partial charge in [0, 0.05) is 6.61 Å². The zero-order valence-electron chi connectivity index (χ0n) is 9.20. The van der Waals surface area contributed by atoms with E-state index in [9.17, 15) is 0 Å². The third-order valence-corrected chi connectivity index (χ3v) is 1.68. The summed E-state index contributed by atoms with van der Waals surface area (Å²) in [6, 6.07) is 0. The van der Waals surface area contributed by atoms with Crippen molar-refractivity contribution in [2.24, 2.45) is 0 Å². The van der Waals surface area contributed by atoms with Gasteiger partial charge in [0.1, 0.15) is 0 Å². The topological polar surface area (TPSA) is 49.7 Å². The van der Waals surface area contributed by atoms with Crippen LogP contribution in [-0.2, 0) is 4.74 Å². The van der Waals surface area contributed by atoms with E-state index in [4.69, 9.17) is 14.9 Å². The molecule has 0 aliphatic carbocycles. The van der Waals surface area contributed by atoms with Crippen molar-refractivity contribution in [3.63, 3.8) is 0 Å². The van der Waals surface area contributed by atoms with Crippen LogP contribution in [0.5, 0.6) is 0 Å². The molecule has 0 bridgehead atoms. The molecule has 3 nitrogen and oxygen atoms in total. The third-order valence-electron chi connectivity index (χ3n) is 1.68. The fourth-order valence-electron chi connectivity index (χ4n) is 1.02. The van der Waals surface area contributed by atoms with Gasteiger partial charge < -0.3 is 29.3 Å². The van der Waals surface area contributed by atoms with Crippen LogP contribution < -0.4 is 0 Å². The van der Waals surface area contributed by atoms with Crippen LogP contribution in [0.1, 0.15) is 26.2 Å². The van der Waals surface area contributed by atoms with Gasteiger partial charge in [-0.15, -0.1) is 0 Å². The van der Waals surface area contributed by atoms with Gasteiger partial charge in [0.2, 0.25) is 0 Å². The maximum absolute atomic E-state index is 8.56. The van der Waals surface area contributed by atoms with E-state index in [1.165, 1.54) is 0 Å². The molecule has 4 heteroatoms. The first-order chi connectivity index (χ1) is 5.74. The average molecular weight is 428 g/mol. The monoisotopic (exact) mass is 428 g/mol. The summed E-state index contributed by atoms with van der Waals surface area (Å²) in [6.07, 6.45) is 3.25. The Morgan fingerprint density at radius 3 is 2.00 bits per heavy atom. The predicted octanol–water partition coefficient (Wildman–Crippen LogP) is 1.20. The first-order valence-electron chi connectivity index (χ1n) is 4.41. The summed E-state index contributed by atoms with van der Waals surface area (Å²) in [6.45, 7) is 5.78. The van der Waals surface area contributed by atoms with E-state index in [-0.39, 0.29) is 57.9 Å². The van der Waals surface area contributed by atoms with Crippen LogP contribution in [0.4, 0.5) is 0 Å². The quantitative estimate of drug-likeness (QED) is 0.651. The Bertz CT molecular complexity index is 99.4. The van der Waals surface area contributed by atoms with Crippen molar-refractivity contribution in [2.75, 3.05) is 13.2 Å². The second-order valence-corrected chi connectivity index (χ2v) is 2.91. The molecule has 0 spiro atoms. The Morgan fingerprint density at radius 1 is 1.36 bits per heavy atom. The Hall–Kier alpha value is 0.932. The maximum atomic E-state index is 8.56. The molecule has 1 saturated heterocycles. The van der Waals surface area contributed by atoms with E-state index < -0.39 is 0 Å². The molecule has 2 N–H and O–H groups in total. The van der Waals surface area contributed by atoms with Gasteiger partial charge in [0.15, 0.2) is 0 Å². The van der Waals surface area contributed by atoms with E-state index in [1.807, 2.05) is 6.92 Å². The molecule has 1 fully saturated rings. The van der Waals surface area contributed by atoms with Gasteiger partial charge in [-0.2, -0.15) is 6.42 Å². The summed E-state index contributed by atoms with van der Waals surface area (Å²) >= 11 is 0. The van der Waals surface area contributed by atoms with Gasteiger partial charge in [0.05, 0.1) is 18.8 Å². The summed E-state index contributed by atoms with van der Waals surface area (Å²) in [7, 11) is 0. The fraction of sp³-hybridized carbons (Fsp3) is 0.800. The number of hydrogen-bond acceptors (Lipinski definition) is 3. The predicted molar refractivity (Wildman–Crippen MR) is 54.1 cm³/mol. The van der Waals surface area contributed by atoms with Gasteiger partial charge in [-0.3, -0.25) is 0 Å². The number of aliphatic hydroxyl groups is 2. The molecule has 0 saturated carbocycles. The molecule has 1 aliphatic rings. The van der Waals surface area contributed by atoms with Crippen molar-refractivity contribution in [1.82, 2.24) is 0 Å². The third kappa shape index (κ3) is 11.0. The van der Waals surface area contributed by atoms with E-state index in [0.29, 0.717) is 12.5 Å². The van der Waals surface area contributed by atoms with Crippen LogP contribution in [0.3, 0.4) is 0 Å². The summed E-state index contributed by atoms with van der Waals surface area (Å²) < 4.78 is 5.26. The molecule has 0 aromatic carbocycles. The van der Waals surface area contributed by atoms with Crippen LogP contribution >= 0.6 is 0 Å². The Kier molecular flexibility index (Phi) is 20.3. The Labute approximate surface area is 112 Å². The minimum Gasteiger partial charge on any atom is -0.399 e. The van der Waals surface area contributed by atoms with Crippen molar-refractivity contribution < 1.29 is 46.1 Å². The zero-order chi connectivity index (χ0) is 9.40. The van der Waals surface area contributed by atoms with Crippen molar-refractivity contribution in [2.45, 2.75) is 38.4 Å². The largest absolute Gasteiger partial charge is 2.00 e. The van der Waals surface area contributed by atoms with Crippen LogP contribution in [0.25, 0.3) is 0 Å². The number of hydrogen-bond donors (Lipinski definition) is 2. The summed E-state index contributed by atoms with van der Waals surface area (Å²) in [5, 5.41) is 16.4. The van der Waals surface area contributed by atoms with E-state index in [2.05, 4.69) is 6.92 Å². The zero-order valence-corrected chi connectivity index (χ0v) is 13.4. The Morgan fingerprint density at radius 2 is 1.86 bits per heavy atom. The number of rotatable bonds is 2. The van der Waals surface area contributed by atoms with Gasteiger partial charge >= 0.3 is 31.1 Å². The molecule has 0 aromatic heterocycles. The van der Waals surface area contributed by atoms with Crippen LogP contribution in [0.2, 0.25) is 0 Å². The summed E-state index contributed by atoms with van der Waals surface area (Å²) in [5.74, 6) is 0. The second-order valence-electron chi connectivity index (χ2n) is 2.91. The van der Waals surface area contributed by atoms with E-state index in [0.717, 1.165) is 12.8 Å². The van der Waals surface area contributed by atoms with Gasteiger partial charge in [-0.1, -0.05) is 0 Å². The SMILES string of the molecule is CC1CCC(CO)O1.[CH2-]CCO.[CH3-].[U+2]. The van der Waals surface area contributed by atoms with E-state index in [1.54, 1.807) is 0 Å². The maximum Gasteiger partial charge on any atom is 2.00 e. The Balaban J connectivity index is -0.000000180. The molecule has 14 heavy (non-hydrogen) atoms. The smallest absolute Gasteiger partial charge is 0.399 e. The van der Waals surface area contributed by atoms with Gasteiger partial charge in [-0.25, -0.2) is 0 Å². The van der Waals surface area contributed by atoms with Crippen LogP contribution in [0.15, 0.2) is 0 Å². The van der Waals surface area contributed by atoms with Crippen LogP contribution in [0, 0.1) is 45.5 Å². The summed E-state index contributed by atoms with van der Waals surface area (Å²) in [4.78, 5) is 0. The van der Waals surface area contributed by atoms with Gasteiger partial charge in [-0.05, 0) is 19.8 Å². The molecule has 1 heterocycles. The molecular formula is C10H22O3U. The van der Waals surface area contributed by atoms with Crippen molar-refractivity contribution >= 4 is 0 Å². The molecule has 0 amide bonds. The molecule has 0 radical (unpaired) electrons. The average Bonchev–Trinajstić information content (AvgIpc) is 2.52. The molecular weight excluding hydrogens is 406 g/mol. The fourth-order valence-corrected chi connectivity index (χ4v) is 1.02. The molecule has 84 valence electrons. The minimum atomic E-state index is 0. The number of aliphatic hydroxyl groups excluding tert-OH is 2. The molecule has 1 rings (SSSR count). The van der Waals surface area contributed by atoms with E-state index >= 15 is 0 Å².